The van der Waals surface area contributed by atoms with Gasteiger partial charge in [-0.3, -0.25) is 9.69 Å². The van der Waals surface area contributed by atoms with Crippen LogP contribution in [0.25, 0.3) is 0 Å². The van der Waals surface area contributed by atoms with Crippen LogP contribution < -0.4 is 5.32 Å². The maximum atomic E-state index is 13.3. The third-order valence-corrected chi connectivity index (χ3v) is 7.70. The van der Waals surface area contributed by atoms with Crippen molar-refractivity contribution in [1.82, 2.24) is 9.21 Å². The number of rotatable bonds is 5. The lowest BCUT2D eigenvalue weighted by Crippen LogP contribution is -2.54. The number of aryl methyl sites for hydroxylation is 2. The van der Waals surface area contributed by atoms with Crippen molar-refractivity contribution >= 4 is 21.6 Å². The number of alkyl halides is 3. The molecular weight excluding hydrogens is 443 g/mol. The largest absolute Gasteiger partial charge is 0.417 e. The molecule has 0 radical (unpaired) electrons. The second-order valence-corrected chi connectivity index (χ2v) is 9.77. The van der Waals surface area contributed by atoms with Gasteiger partial charge in [0.25, 0.3) is 0 Å². The third-order valence-electron chi connectivity index (χ3n) is 5.74. The maximum absolute atomic E-state index is 13.3. The van der Waals surface area contributed by atoms with Crippen LogP contribution in [0.2, 0.25) is 0 Å². The number of anilines is 1. The van der Waals surface area contributed by atoms with Crippen molar-refractivity contribution in [3.63, 3.8) is 0 Å². The lowest BCUT2D eigenvalue weighted by Gasteiger charge is -2.37. The molecule has 6 nitrogen and oxygen atoms in total. The lowest BCUT2D eigenvalue weighted by molar-refractivity contribution is -0.140. The van der Waals surface area contributed by atoms with Gasteiger partial charge < -0.3 is 5.32 Å². The zero-order valence-corrected chi connectivity index (χ0v) is 18.9. The topological polar surface area (TPSA) is 69.7 Å². The van der Waals surface area contributed by atoms with Crippen LogP contribution in [0.5, 0.6) is 0 Å². The zero-order valence-electron chi connectivity index (χ0n) is 18.1. The molecule has 1 N–H and O–H groups in total. The maximum Gasteiger partial charge on any atom is 0.417 e. The van der Waals surface area contributed by atoms with Crippen LogP contribution in [0, 0.1) is 13.8 Å². The van der Waals surface area contributed by atoms with Crippen LogP contribution in [0.15, 0.2) is 47.4 Å². The summed E-state index contributed by atoms with van der Waals surface area (Å²) in [6.45, 7) is 5.98. The smallest absolute Gasteiger partial charge is 0.324 e. The molecule has 1 heterocycles. The molecule has 1 aliphatic rings. The molecule has 1 fully saturated rings. The standard InChI is InChI=1S/C22H26F3N3O3S/c1-15-7-6-8-16(2)20(15)26-21(29)17(3)27-11-13-28(14-12-27)32(30,31)19-10-5-4-9-18(19)22(23,24)25/h4-10,17H,11-14H2,1-3H3,(H,26,29)/t17-/m0/s1. The van der Waals surface area contributed by atoms with Crippen molar-refractivity contribution in [3.05, 3.63) is 59.2 Å². The number of nitrogens with zero attached hydrogens (tertiary/aromatic N) is 2. The van der Waals surface area contributed by atoms with Crippen molar-refractivity contribution in [2.45, 2.75) is 37.9 Å². The molecule has 32 heavy (non-hydrogen) atoms. The van der Waals surface area contributed by atoms with Gasteiger partial charge in [0.2, 0.25) is 15.9 Å². The molecule has 0 aliphatic carbocycles. The molecule has 10 heteroatoms. The molecule has 0 saturated carbocycles. The fourth-order valence-electron chi connectivity index (χ4n) is 3.80. The monoisotopic (exact) mass is 469 g/mol. The Morgan fingerprint density at radius 3 is 2.09 bits per heavy atom. The number of para-hydroxylation sites is 1. The number of sulfonamides is 1. The van der Waals surface area contributed by atoms with Crippen molar-refractivity contribution in [2.75, 3.05) is 31.5 Å². The summed E-state index contributed by atoms with van der Waals surface area (Å²) in [5.74, 6) is -0.221. The second kappa shape index (κ2) is 9.21. The van der Waals surface area contributed by atoms with Gasteiger partial charge in [-0.2, -0.15) is 17.5 Å². The van der Waals surface area contributed by atoms with Gasteiger partial charge in [-0.05, 0) is 44.0 Å². The molecule has 174 valence electrons. The Morgan fingerprint density at radius 2 is 1.53 bits per heavy atom. The Balaban J connectivity index is 1.69. The van der Waals surface area contributed by atoms with E-state index in [1.54, 1.807) is 6.92 Å². The Hall–Kier alpha value is -2.43. The van der Waals surface area contributed by atoms with E-state index in [1.165, 1.54) is 6.07 Å². The molecule has 0 aromatic heterocycles. The van der Waals surface area contributed by atoms with Crippen LogP contribution in [-0.2, 0) is 21.0 Å². The van der Waals surface area contributed by atoms with Gasteiger partial charge in [0.15, 0.2) is 0 Å². The van der Waals surface area contributed by atoms with Crippen LogP contribution in [0.4, 0.5) is 18.9 Å². The highest BCUT2D eigenvalue weighted by Gasteiger charge is 2.40. The van der Waals surface area contributed by atoms with Gasteiger partial charge in [-0.1, -0.05) is 30.3 Å². The summed E-state index contributed by atoms with van der Waals surface area (Å²) in [5.41, 5.74) is 1.44. The molecule has 1 aliphatic heterocycles. The molecule has 2 aromatic carbocycles. The van der Waals surface area contributed by atoms with E-state index in [2.05, 4.69) is 5.32 Å². The first-order valence-corrected chi connectivity index (χ1v) is 11.6. The molecule has 0 unspecified atom stereocenters. The van der Waals surface area contributed by atoms with Crippen LogP contribution >= 0.6 is 0 Å². The fraction of sp³-hybridized carbons (Fsp3) is 0.409. The molecule has 0 bridgehead atoms. The first-order valence-electron chi connectivity index (χ1n) is 10.2. The molecule has 1 atom stereocenters. The highest BCUT2D eigenvalue weighted by Crippen LogP contribution is 2.35. The highest BCUT2D eigenvalue weighted by atomic mass is 32.2. The Morgan fingerprint density at radius 1 is 0.969 bits per heavy atom. The summed E-state index contributed by atoms with van der Waals surface area (Å²) in [7, 11) is -4.32. The minimum atomic E-state index is -4.77. The molecule has 0 spiro atoms. The Labute approximate surface area is 186 Å². The molecule has 1 saturated heterocycles. The number of piperazine rings is 1. The minimum Gasteiger partial charge on any atom is -0.324 e. The summed E-state index contributed by atoms with van der Waals surface area (Å²) in [6, 6.07) is 9.36. The predicted octanol–water partition coefficient (Wildman–Crippen LogP) is 3.66. The van der Waals surface area contributed by atoms with E-state index in [0.29, 0.717) is 0 Å². The van der Waals surface area contributed by atoms with Crippen molar-refractivity contribution < 1.29 is 26.4 Å². The minimum absolute atomic E-state index is 0.00443. The van der Waals surface area contributed by atoms with E-state index < -0.39 is 32.7 Å². The predicted molar refractivity (Wildman–Crippen MR) is 116 cm³/mol. The van der Waals surface area contributed by atoms with Gasteiger partial charge in [-0.15, -0.1) is 0 Å². The lowest BCUT2D eigenvalue weighted by atomic mass is 10.1. The molecular formula is C22H26F3N3O3S. The molecule has 2 aromatic rings. The summed E-state index contributed by atoms with van der Waals surface area (Å²) < 4.78 is 66.8. The van der Waals surface area contributed by atoms with Crippen LogP contribution in [0.1, 0.15) is 23.6 Å². The SMILES string of the molecule is Cc1cccc(C)c1NC(=O)[C@H](C)N1CCN(S(=O)(=O)c2ccccc2C(F)(F)F)CC1. The van der Waals surface area contributed by atoms with E-state index in [4.69, 9.17) is 0 Å². The number of hydrogen-bond acceptors (Lipinski definition) is 4. The first-order chi connectivity index (χ1) is 14.9. The second-order valence-electron chi connectivity index (χ2n) is 7.87. The van der Waals surface area contributed by atoms with Crippen LogP contribution in [0.3, 0.4) is 0 Å². The van der Waals surface area contributed by atoms with E-state index in [1.807, 2.05) is 36.9 Å². The normalized spacial score (nSPS) is 17.2. The summed E-state index contributed by atoms with van der Waals surface area (Å²) in [5, 5.41) is 2.93. The first kappa shape index (κ1) is 24.2. The highest BCUT2D eigenvalue weighted by molar-refractivity contribution is 7.89. The van der Waals surface area contributed by atoms with E-state index in [9.17, 15) is 26.4 Å². The number of carbonyl (C=O) groups excluding carboxylic acids is 1. The van der Waals surface area contributed by atoms with Crippen LogP contribution in [-0.4, -0.2) is 55.8 Å². The summed E-state index contributed by atoms with van der Waals surface area (Å²) >= 11 is 0. The van der Waals surface area contributed by atoms with E-state index in [0.717, 1.165) is 39.3 Å². The fourth-order valence-corrected chi connectivity index (χ4v) is 5.44. The number of nitrogens with one attached hydrogen (secondary N) is 1. The third kappa shape index (κ3) is 4.97. The zero-order chi connectivity index (χ0) is 23.7. The number of amides is 1. The number of carbonyl (C=O) groups is 1. The van der Waals surface area contributed by atoms with Gasteiger partial charge in [-0.25, -0.2) is 8.42 Å². The quantitative estimate of drug-likeness (QED) is 0.726. The average molecular weight is 470 g/mol. The molecule has 3 rings (SSSR count). The Bertz CT molecular complexity index is 1070. The number of benzene rings is 2. The van der Waals surface area contributed by atoms with Crippen molar-refractivity contribution in [2.24, 2.45) is 0 Å². The van der Waals surface area contributed by atoms with Crippen molar-refractivity contribution in [3.8, 4) is 0 Å². The van der Waals surface area contributed by atoms with Gasteiger partial charge in [0.05, 0.1) is 16.5 Å². The van der Waals surface area contributed by atoms with Crippen molar-refractivity contribution in [1.29, 1.82) is 0 Å². The van der Waals surface area contributed by atoms with Gasteiger partial charge in [0, 0.05) is 31.9 Å². The Kier molecular flexibility index (Phi) is 6.97. The summed E-state index contributed by atoms with van der Waals surface area (Å²) in [4.78, 5) is 13.8. The van der Waals surface area contributed by atoms with Gasteiger partial charge in [0.1, 0.15) is 0 Å². The number of hydrogen-bond donors (Lipinski definition) is 1. The summed E-state index contributed by atoms with van der Waals surface area (Å²) in [6.07, 6.45) is -4.77. The van der Waals surface area contributed by atoms with E-state index >= 15 is 0 Å². The van der Waals surface area contributed by atoms with E-state index in [-0.39, 0.29) is 32.1 Å². The van der Waals surface area contributed by atoms with Gasteiger partial charge >= 0.3 is 6.18 Å². The average Bonchev–Trinajstić information content (AvgIpc) is 2.75. The molecule has 1 amide bonds. The number of halogens is 3.